The maximum atomic E-state index is 12.2. The largest absolute Gasteiger partial charge is 0.355 e. The molecule has 5 nitrogen and oxygen atoms in total. The Labute approximate surface area is 141 Å². The number of amides is 3. The molecule has 0 aromatic heterocycles. The molecule has 0 saturated heterocycles. The molecule has 0 spiro atoms. The molecule has 3 N–H and O–H groups in total. The van der Waals surface area contributed by atoms with Gasteiger partial charge in [-0.15, -0.1) is 0 Å². The zero-order chi connectivity index (χ0) is 16.9. The van der Waals surface area contributed by atoms with Crippen LogP contribution in [0.5, 0.6) is 0 Å². The molecule has 24 heavy (non-hydrogen) atoms. The second-order valence-corrected chi connectivity index (χ2v) is 5.97. The van der Waals surface area contributed by atoms with Gasteiger partial charge < -0.3 is 16.0 Å². The Morgan fingerprint density at radius 2 is 1.83 bits per heavy atom. The van der Waals surface area contributed by atoms with E-state index in [1.54, 1.807) is 31.3 Å². The number of anilines is 1. The van der Waals surface area contributed by atoms with E-state index in [0.717, 1.165) is 19.3 Å². The predicted molar refractivity (Wildman–Crippen MR) is 94.2 cm³/mol. The lowest BCUT2D eigenvalue weighted by Crippen LogP contribution is -2.41. The van der Waals surface area contributed by atoms with Crippen molar-refractivity contribution in [3.05, 3.63) is 65.2 Å². The number of rotatable bonds is 3. The van der Waals surface area contributed by atoms with Crippen molar-refractivity contribution in [3.63, 3.8) is 0 Å². The molecular weight excluding hydrogens is 302 g/mol. The fraction of sp³-hybridized carbons (Fsp3) is 0.263. The first-order valence-electron chi connectivity index (χ1n) is 8.12. The lowest BCUT2D eigenvalue weighted by molar-refractivity contribution is 0.0963. The van der Waals surface area contributed by atoms with E-state index < -0.39 is 0 Å². The van der Waals surface area contributed by atoms with Crippen LogP contribution in [0.25, 0.3) is 0 Å². The molecular formula is C19H21N3O2. The highest BCUT2D eigenvalue weighted by molar-refractivity contribution is 5.96. The molecule has 2 aromatic carbocycles. The van der Waals surface area contributed by atoms with E-state index in [-0.39, 0.29) is 18.0 Å². The molecule has 3 amide bonds. The Morgan fingerprint density at radius 1 is 1.04 bits per heavy atom. The number of aryl methyl sites for hydroxylation is 1. The van der Waals surface area contributed by atoms with Crippen LogP contribution in [0.15, 0.2) is 48.5 Å². The van der Waals surface area contributed by atoms with Crippen LogP contribution in [0.3, 0.4) is 0 Å². The van der Waals surface area contributed by atoms with Gasteiger partial charge in [0.15, 0.2) is 0 Å². The van der Waals surface area contributed by atoms with Gasteiger partial charge in [0.25, 0.3) is 5.91 Å². The molecule has 0 bridgehead atoms. The van der Waals surface area contributed by atoms with Crippen molar-refractivity contribution in [3.8, 4) is 0 Å². The van der Waals surface area contributed by atoms with Crippen molar-refractivity contribution < 1.29 is 9.59 Å². The van der Waals surface area contributed by atoms with Crippen molar-refractivity contribution in [1.29, 1.82) is 0 Å². The SMILES string of the molecule is CNC(=O)c1cccc(NC(=O)N[C@H]2CCc3ccccc3C2)c1. The topological polar surface area (TPSA) is 70.2 Å². The molecule has 124 valence electrons. The molecule has 0 unspecified atom stereocenters. The van der Waals surface area contributed by atoms with Gasteiger partial charge in [0.1, 0.15) is 0 Å². The van der Waals surface area contributed by atoms with Gasteiger partial charge in [0, 0.05) is 24.3 Å². The summed E-state index contributed by atoms with van der Waals surface area (Å²) in [5.74, 6) is -0.178. The summed E-state index contributed by atoms with van der Waals surface area (Å²) in [4.78, 5) is 23.9. The van der Waals surface area contributed by atoms with Crippen LogP contribution in [-0.4, -0.2) is 25.0 Å². The Bertz CT molecular complexity index is 758. The van der Waals surface area contributed by atoms with Crippen LogP contribution in [0.4, 0.5) is 10.5 Å². The lowest BCUT2D eigenvalue weighted by atomic mass is 9.88. The van der Waals surface area contributed by atoms with Gasteiger partial charge in [-0.1, -0.05) is 30.3 Å². The molecule has 0 heterocycles. The van der Waals surface area contributed by atoms with Crippen LogP contribution in [-0.2, 0) is 12.8 Å². The quantitative estimate of drug-likeness (QED) is 0.813. The van der Waals surface area contributed by atoms with E-state index >= 15 is 0 Å². The first-order valence-corrected chi connectivity index (χ1v) is 8.12. The monoisotopic (exact) mass is 323 g/mol. The van der Waals surface area contributed by atoms with Crippen LogP contribution in [0.2, 0.25) is 0 Å². The molecule has 0 aliphatic heterocycles. The normalized spacial score (nSPS) is 16.0. The van der Waals surface area contributed by atoms with Crippen molar-refractivity contribution in [2.24, 2.45) is 0 Å². The van der Waals surface area contributed by atoms with Crippen molar-refractivity contribution >= 4 is 17.6 Å². The van der Waals surface area contributed by atoms with Gasteiger partial charge in [0.2, 0.25) is 0 Å². The number of hydrogen-bond donors (Lipinski definition) is 3. The Hall–Kier alpha value is -2.82. The Balaban J connectivity index is 1.60. The fourth-order valence-corrected chi connectivity index (χ4v) is 3.06. The van der Waals surface area contributed by atoms with Crippen LogP contribution >= 0.6 is 0 Å². The van der Waals surface area contributed by atoms with Gasteiger partial charge in [-0.05, 0) is 48.6 Å². The third kappa shape index (κ3) is 3.74. The first-order chi connectivity index (χ1) is 11.7. The molecule has 5 heteroatoms. The Kier molecular flexibility index (Phi) is 4.79. The van der Waals surface area contributed by atoms with Crippen LogP contribution in [0.1, 0.15) is 27.9 Å². The van der Waals surface area contributed by atoms with E-state index in [2.05, 4.69) is 34.1 Å². The smallest absolute Gasteiger partial charge is 0.319 e. The summed E-state index contributed by atoms with van der Waals surface area (Å²) < 4.78 is 0. The fourth-order valence-electron chi connectivity index (χ4n) is 3.06. The number of nitrogens with one attached hydrogen (secondary N) is 3. The summed E-state index contributed by atoms with van der Waals surface area (Å²) in [6.45, 7) is 0. The number of hydrogen-bond acceptors (Lipinski definition) is 2. The zero-order valence-corrected chi connectivity index (χ0v) is 13.6. The van der Waals surface area contributed by atoms with Crippen molar-refractivity contribution in [2.75, 3.05) is 12.4 Å². The van der Waals surface area contributed by atoms with Crippen molar-refractivity contribution in [2.45, 2.75) is 25.3 Å². The summed E-state index contributed by atoms with van der Waals surface area (Å²) >= 11 is 0. The molecule has 1 aliphatic rings. The third-order valence-electron chi connectivity index (χ3n) is 4.29. The molecule has 2 aromatic rings. The first kappa shape index (κ1) is 16.1. The minimum Gasteiger partial charge on any atom is -0.355 e. The number of carbonyl (C=O) groups is 2. The van der Waals surface area contributed by atoms with Gasteiger partial charge in [-0.2, -0.15) is 0 Å². The Morgan fingerprint density at radius 3 is 2.62 bits per heavy atom. The van der Waals surface area contributed by atoms with Crippen LogP contribution < -0.4 is 16.0 Å². The summed E-state index contributed by atoms with van der Waals surface area (Å²) in [6, 6.07) is 15.1. The highest BCUT2D eigenvalue weighted by Crippen LogP contribution is 2.21. The average Bonchev–Trinajstić information content (AvgIpc) is 2.61. The minimum absolute atomic E-state index is 0.127. The number of carbonyl (C=O) groups excluding carboxylic acids is 2. The van der Waals surface area contributed by atoms with E-state index in [0.29, 0.717) is 11.3 Å². The third-order valence-corrected chi connectivity index (χ3v) is 4.29. The molecule has 0 fully saturated rings. The van der Waals surface area contributed by atoms with E-state index in [9.17, 15) is 9.59 Å². The second-order valence-electron chi connectivity index (χ2n) is 5.97. The predicted octanol–water partition coefficient (Wildman–Crippen LogP) is 2.73. The molecule has 0 saturated carbocycles. The highest BCUT2D eigenvalue weighted by Gasteiger charge is 2.19. The average molecular weight is 323 g/mol. The summed E-state index contributed by atoms with van der Waals surface area (Å²) in [6.07, 6.45) is 2.76. The zero-order valence-electron chi connectivity index (χ0n) is 13.6. The maximum absolute atomic E-state index is 12.2. The maximum Gasteiger partial charge on any atom is 0.319 e. The molecule has 0 radical (unpaired) electrons. The highest BCUT2D eigenvalue weighted by atomic mass is 16.2. The molecule has 3 rings (SSSR count). The van der Waals surface area contributed by atoms with Gasteiger partial charge in [-0.25, -0.2) is 4.79 Å². The summed E-state index contributed by atoms with van der Waals surface area (Å²) in [5, 5.41) is 8.39. The summed E-state index contributed by atoms with van der Waals surface area (Å²) in [5.41, 5.74) is 3.79. The minimum atomic E-state index is -0.242. The van der Waals surface area contributed by atoms with Gasteiger partial charge in [-0.3, -0.25) is 4.79 Å². The lowest BCUT2D eigenvalue weighted by Gasteiger charge is -2.25. The number of benzene rings is 2. The van der Waals surface area contributed by atoms with E-state index in [4.69, 9.17) is 0 Å². The van der Waals surface area contributed by atoms with Gasteiger partial charge in [0.05, 0.1) is 0 Å². The molecule has 1 atom stereocenters. The standard InChI is InChI=1S/C19H21N3O2/c1-20-18(23)15-7-4-8-16(12-15)21-19(24)22-17-10-9-13-5-2-3-6-14(13)11-17/h2-8,12,17H,9-11H2,1H3,(H,20,23)(H2,21,22,24)/t17-/m0/s1. The van der Waals surface area contributed by atoms with E-state index in [1.807, 2.05) is 6.07 Å². The number of fused-ring (bicyclic) bond motifs is 1. The summed E-state index contributed by atoms with van der Waals surface area (Å²) in [7, 11) is 1.58. The number of urea groups is 1. The van der Waals surface area contributed by atoms with Crippen molar-refractivity contribution in [1.82, 2.24) is 10.6 Å². The second kappa shape index (κ2) is 7.17. The van der Waals surface area contributed by atoms with E-state index in [1.165, 1.54) is 11.1 Å². The van der Waals surface area contributed by atoms with Gasteiger partial charge >= 0.3 is 6.03 Å². The van der Waals surface area contributed by atoms with Crippen LogP contribution in [0, 0.1) is 0 Å². The molecule has 1 aliphatic carbocycles.